The molecule has 1 heterocycles. The molecule has 1 aliphatic rings. The van der Waals surface area contributed by atoms with E-state index in [4.69, 9.17) is 0 Å². The number of carbonyl (C=O) groups excluding carboxylic acids is 1. The monoisotopic (exact) mass is 216 g/mol. The van der Waals surface area contributed by atoms with E-state index in [2.05, 4.69) is 38.4 Å². The van der Waals surface area contributed by atoms with Crippen LogP contribution in [0.4, 0.5) is 0 Å². The fraction of sp³-hybridized carbons (Fsp3) is 0.900. The summed E-state index contributed by atoms with van der Waals surface area (Å²) in [6.45, 7) is 7.78. The van der Waals surface area contributed by atoms with Gasteiger partial charge in [-0.15, -0.1) is 0 Å². The van der Waals surface area contributed by atoms with Gasteiger partial charge in [0.1, 0.15) is 0 Å². The average molecular weight is 216 g/mol. The molecule has 0 aromatic carbocycles. The van der Waals surface area contributed by atoms with Gasteiger partial charge < -0.3 is 4.90 Å². The van der Waals surface area contributed by atoms with Crippen LogP contribution in [0.15, 0.2) is 0 Å². The summed E-state index contributed by atoms with van der Waals surface area (Å²) in [5, 5.41) is -0.183. The molecule has 0 spiro atoms. The lowest BCUT2D eigenvalue weighted by Crippen LogP contribution is -2.57. The first-order valence-electron chi connectivity index (χ1n) is 5.12. The summed E-state index contributed by atoms with van der Waals surface area (Å²) in [6.07, 6.45) is 0. The quantitative estimate of drug-likeness (QED) is 0.657. The number of hydrogen-bond acceptors (Lipinski definition) is 3. The van der Waals surface area contributed by atoms with Crippen LogP contribution in [0.2, 0.25) is 0 Å². The van der Waals surface area contributed by atoms with E-state index < -0.39 is 0 Å². The first kappa shape index (κ1) is 11.9. The third kappa shape index (κ3) is 2.42. The van der Waals surface area contributed by atoms with Crippen molar-refractivity contribution >= 4 is 18.5 Å². The molecule has 0 N–H and O–H groups in total. The number of thiol groups is 1. The summed E-state index contributed by atoms with van der Waals surface area (Å²) in [7, 11) is 2.11. The molecule has 0 radical (unpaired) electrons. The number of likely N-dealkylation sites (N-methyl/N-ethyl adjacent to an activating group) is 1. The van der Waals surface area contributed by atoms with E-state index in [1.165, 1.54) is 0 Å². The van der Waals surface area contributed by atoms with Gasteiger partial charge >= 0.3 is 0 Å². The average Bonchev–Trinajstić information content (AvgIpc) is 2.12. The second kappa shape index (κ2) is 4.53. The predicted octanol–water partition coefficient (Wildman–Crippen LogP) is 0.856. The molecule has 4 heteroatoms. The van der Waals surface area contributed by atoms with Crippen molar-refractivity contribution in [3.05, 3.63) is 0 Å². The molecule has 3 unspecified atom stereocenters. The second-order valence-electron chi connectivity index (χ2n) is 4.28. The van der Waals surface area contributed by atoms with Crippen LogP contribution >= 0.6 is 12.6 Å². The van der Waals surface area contributed by atoms with Crippen molar-refractivity contribution in [3.8, 4) is 0 Å². The van der Waals surface area contributed by atoms with Crippen LogP contribution in [0.25, 0.3) is 0 Å². The van der Waals surface area contributed by atoms with Gasteiger partial charge in [0.25, 0.3) is 0 Å². The highest BCUT2D eigenvalue weighted by Gasteiger charge is 2.30. The van der Waals surface area contributed by atoms with E-state index in [1.54, 1.807) is 0 Å². The van der Waals surface area contributed by atoms with Crippen LogP contribution in [-0.4, -0.2) is 53.2 Å². The highest BCUT2D eigenvalue weighted by atomic mass is 32.1. The maximum atomic E-state index is 11.7. The molecule has 0 aromatic heterocycles. The Hall–Kier alpha value is -0.220. The van der Waals surface area contributed by atoms with Crippen molar-refractivity contribution in [2.24, 2.45) is 0 Å². The molecule has 1 amide bonds. The molecule has 0 bridgehead atoms. The van der Waals surface area contributed by atoms with Crippen molar-refractivity contribution in [3.63, 3.8) is 0 Å². The molecule has 14 heavy (non-hydrogen) atoms. The molecule has 1 aliphatic heterocycles. The minimum absolute atomic E-state index is 0.153. The summed E-state index contributed by atoms with van der Waals surface area (Å²) in [4.78, 5) is 16.0. The van der Waals surface area contributed by atoms with Crippen LogP contribution < -0.4 is 0 Å². The second-order valence-corrected chi connectivity index (χ2v) is 5.06. The van der Waals surface area contributed by atoms with Crippen LogP contribution in [0.3, 0.4) is 0 Å². The van der Waals surface area contributed by atoms with E-state index in [9.17, 15) is 4.79 Å². The van der Waals surface area contributed by atoms with E-state index in [1.807, 2.05) is 11.8 Å². The zero-order valence-electron chi connectivity index (χ0n) is 9.40. The Bertz CT molecular complexity index is 208. The highest BCUT2D eigenvalue weighted by Crippen LogP contribution is 2.15. The number of nitrogens with zero attached hydrogens (tertiary/aromatic N) is 2. The molecular formula is C10H20N2OS. The number of rotatable bonds is 1. The van der Waals surface area contributed by atoms with Crippen molar-refractivity contribution in [2.75, 3.05) is 20.1 Å². The van der Waals surface area contributed by atoms with E-state index in [-0.39, 0.29) is 11.2 Å². The SMILES string of the molecule is CC(S)C(=O)N1CC(C)N(C)C(C)C1. The standard InChI is InChI=1S/C10H20N2OS/c1-7-5-12(10(13)9(3)14)6-8(2)11(7)4/h7-9,14H,5-6H2,1-4H3. The van der Waals surface area contributed by atoms with E-state index in [0.29, 0.717) is 12.1 Å². The van der Waals surface area contributed by atoms with Crippen LogP contribution in [-0.2, 0) is 4.79 Å². The lowest BCUT2D eigenvalue weighted by atomic mass is 10.1. The third-order valence-electron chi connectivity index (χ3n) is 3.03. The van der Waals surface area contributed by atoms with Crippen molar-refractivity contribution < 1.29 is 4.79 Å². The van der Waals surface area contributed by atoms with Crippen LogP contribution in [0.5, 0.6) is 0 Å². The zero-order chi connectivity index (χ0) is 10.9. The van der Waals surface area contributed by atoms with Gasteiger partial charge in [0.2, 0.25) is 5.91 Å². The van der Waals surface area contributed by atoms with Gasteiger partial charge in [-0.3, -0.25) is 9.69 Å². The maximum absolute atomic E-state index is 11.7. The number of carbonyl (C=O) groups is 1. The molecular weight excluding hydrogens is 196 g/mol. The number of hydrogen-bond donors (Lipinski definition) is 1. The minimum atomic E-state index is -0.183. The summed E-state index contributed by atoms with van der Waals surface area (Å²) >= 11 is 4.18. The van der Waals surface area contributed by atoms with Crippen molar-refractivity contribution in [1.29, 1.82) is 0 Å². The number of piperazine rings is 1. The molecule has 1 rings (SSSR count). The maximum Gasteiger partial charge on any atom is 0.235 e. The largest absolute Gasteiger partial charge is 0.339 e. The Labute approximate surface area is 91.9 Å². The smallest absolute Gasteiger partial charge is 0.235 e. The predicted molar refractivity (Wildman–Crippen MR) is 61.7 cm³/mol. The molecule has 3 nitrogen and oxygen atoms in total. The van der Waals surface area contributed by atoms with Crippen LogP contribution in [0, 0.1) is 0 Å². The van der Waals surface area contributed by atoms with Gasteiger partial charge in [0.05, 0.1) is 5.25 Å². The van der Waals surface area contributed by atoms with Gasteiger partial charge in [0, 0.05) is 25.2 Å². The van der Waals surface area contributed by atoms with Crippen molar-refractivity contribution in [2.45, 2.75) is 38.1 Å². The van der Waals surface area contributed by atoms with Crippen molar-refractivity contribution in [1.82, 2.24) is 9.80 Å². The lowest BCUT2D eigenvalue weighted by molar-refractivity contribution is -0.134. The summed E-state index contributed by atoms with van der Waals surface area (Å²) in [5.74, 6) is 0.153. The Morgan fingerprint density at radius 2 is 1.79 bits per heavy atom. The molecule has 3 atom stereocenters. The van der Waals surface area contributed by atoms with Gasteiger partial charge in [-0.25, -0.2) is 0 Å². The first-order chi connectivity index (χ1) is 6.43. The minimum Gasteiger partial charge on any atom is -0.339 e. The summed E-state index contributed by atoms with van der Waals surface area (Å²) in [6, 6.07) is 0.879. The van der Waals surface area contributed by atoms with Gasteiger partial charge in [0.15, 0.2) is 0 Å². The topological polar surface area (TPSA) is 23.6 Å². The van der Waals surface area contributed by atoms with Gasteiger partial charge in [-0.1, -0.05) is 0 Å². The van der Waals surface area contributed by atoms with Gasteiger partial charge in [-0.2, -0.15) is 12.6 Å². The molecule has 0 saturated carbocycles. The fourth-order valence-corrected chi connectivity index (χ4v) is 2.01. The third-order valence-corrected chi connectivity index (χ3v) is 3.25. The lowest BCUT2D eigenvalue weighted by Gasteiger charge is -2.42. The Kier molecular flexibility index (Phi) is 3.84. The Morgan fingerprint density at radius 3 is 2.14 bits per heavy atom. The summed E-state index contributed by atoms with van der Waals surface area (Å²) in [5.41, 5.74) is 0. The molecule has 0 aliphatic carbocycles. The van der Waals surface area contributed by atoms with E-state index in [0.717, 1.165) is 13.1 Å². The Morgan fingerprint density at radius 1 is 1.36 bits per heavy atom. The highest BCUT2D eigenvalue weighted by molar-refractivity contribution is 7.81. The normalized spacial score (nSPS) is 31.6. The molecule has 1 fully saturated rings. The zero-order valence-corrected chi connectivity index (χ0v) is 10.3. The van der Waals surface area contributed by atoms with E-state index >= 15 is 0 Å². The molecule has 0 aromatic rings. The Balaban J connectivity index is 2.62. The molecule has 82 valence electrons. The summed E-state index contributed by atoms with van der Waals surface area (Å²) < 4.78 is 0. The van der Waals surface area contributed by atoms with Gasteiger partial charge in [-0.05, 0) is 27.8 Å². The fourth-order valence-electron chi connectivity index (χ4n) is 1.85. The van der Waals surface area contributed by atoms with Crippen LogP contribution in [0.1, 0.15) is 20.8 Å². The molecule has 1 saturated heterocycles. The first-order valence-corrected chi connectivity index (χ1v) is 5.64. The number of amides is 1.